The summed E-state index contributed by atoms with van der Waals surface area (Å²) in [6.07, 6.45) is 2.33. The van der Waals surface area contributed by atoms with E-state index < -0.39 is 0 Å². The Balaban J connectivity index is 2.02. The molecule has 0 saturated carbocycles. The van der Waals surface area contributed by atoms with Crippen molar-refractivity contribution in [1.82, 2.24) is 10.4 Å². The molecule has 1 aromatic carbocycles. The number of hydrogen-bond acceptors (Lipinski definition) is 3. The molecule has 1 N–H and O–H groups in total. The van der Waals surface area contributed by atoms with Gasteiger partial charge in [-0.1, -0.05) is 18.2 Å². The van der Waals surface area contributed by atoms with E-state index in [9.17, 15) is 4.79 Å². The highest BCUT2D eigenvalue weighted by Crippen LogP contribution is 2.20. The van der Waals surface area contributed by atoms with Gasteiger partial charge in [0, 0.05) is 18.4 Å². The van der Waals surface area contributed by atoms with Gasteiger partial charge in [0.15, 0.2) is 0 Å². The van der Waals surface area contributed by atoms with Crippen LogP contribution in [0.15, 0.2) is 36.5 Å². The molecule has 80 valence electrons. The van der Waals surface area contributed by atoms with Crippen molar-refractivity contribution in [1.29, 1.82) is 0 Å². The number of aromatic nitrogens is 1. The Kier molecular flexibility index (Phi) is 1.99. The number of benzene rings is 1. The lowest BCUT2D eigenvalue weighted by Crippen LogP contribution is -2.32. The van der Waals surface area contributed by atoms with E-state index in [4.69, 9.17) is 0 Å². The molecule has 2 aromatic rings. The first kappa shape index (κ1) is 9.15. The maximum Gasteiger partial charge on any atom is 0.240 e. The molecule has 0 radical (unpaired) electrons. The van der Waals surface area contributed by atoms with Crippen LogP contribution >= 0.6 is 0 Å². The van der Waals surface area contributed by atoms with Gasteiger partial charge in [-0.15, -0.1) is 0 Å². The van der Waals surface area contributed by atoms with Crippen LogP contribution < -0.4 is 10.4 Å². The number of anilines is 1. The van der Waals surface area contributed by atoms with E-state index in [1.165, 1.54) is 0 Å². The predicted octanol–water partition coefficient (Wildman–Crippen LogP) is 1.48. The molecule has 1 aromatic heterocycles. The maximum absolute atomic E-state index is 11.1. The van der Waals surface area contributed by atoms with Crippen LogP contribution in [0.3, 0.4) is 0 Å². The number of rotatable bonds is 1. The molecule has 4 heteroatoms. The van der Waals surface area contributed by atoms with Crippen molar-refractivity contribution in [3.8, 4) is 0 Å². The zero-order valence-corrected chi connectivity index (χ0v) is 8.68. The van der Waals surface area contributed by atoms with E-state index in [0.29, 0.717) is 13.0 Å². The summed E-state index contributed by atoms with van der Waals surface area (Å²) >= 11 is 0. The largest absolute Gasteiger partial charge is 0.283 e. The van der Waals surface area contributed by atoms with E-state index in [1.807, 2.05) is 35.3 Å². The van der Waals surface area contributed by atoms with Gasteiger partial charge >= 0.3 is 0 Å². The Labute approximate surface area is 92.9 Å². The van der Waals surface area contributed by atoms with Gasteiger partial charge in [-0.05, 0) is 12.1 Å². The smallest absolute Gasteiger partial charge is 0.240 e. The molecule has 0 aliphatic carbocycles. The monoisotopic (exact) mass is 213 g/mol. The lowest BCUT2D eigenvalue weighted by Gasteiger charge is -2.16. The van der Waals surface area contributed by atoms with Crippen LogP contribution in [-0.2, 0) is 4.79 Å². The first-order chi connectivity index (χ1) is 7.83. The topological polar surface area (TPSA) is 45.2 Å². The molecule has 2 heterocycles. The second-order valence-electron chi connectivity index (χ2n) is 3.82. The van der Waals surface area contributed by atoms with Crippen LogP contribution in [0, 0.1) is 0 Å². The van der Waals surface area contributed by atoms with Crippen molar-refractivity contribution in [2.75, 3.05) is 11.6 Å². The number of amides is 1. The number of nitrogens with zero attached hydrogens (tertiary/aromatic N) is 2. The van der Waals surface area contributed by atoms with Crippen LogP contribution in [-0.4, -0.2) is 17.4 Å². The van der Waals surface area contributed by atoms with Crippen LogP contribution in [0.25, 0.3) is 10.9 Å². The molecule has 1 amide bonds. The lowest BCUT2D eigenvalue weighted by molar-refractivity contribution is -0.119. The summed E-state index contributed by atoms with van der Waals surface area (Å²) in [5, 5.41) is 2.92. The number of pyridine rings is 1. The van der Waals surface area contributed by atoms with Gasteiger partial charge < -0.3 is 0 Å². The zero-order valence-electron chi connectivity index (χ0n) is 8.68. The third kappa shape index (κ3) is 1.48. The summed E-state index contributed by atoms with van der Waals surface area (Å²) in [5.41, 5.74) is 4.69. The molecule has 1 aliphatic rings. The zero-order chi connectivity index (χ0) is 11.0. The van der Waals surface area contributed by atoms with Crippen molar-refractivity contribution >= 4 is 22.5 Å². The fraction of sp³-hybridized carbons (Fsp3) is 0.167. The van der Waals surface area contributed by atoms with Gasteiger partial charge in [-0.3, -0.25) is 20.2 Å². The molecule has 3 rings (SSSR count). The van der Waals surface area contributed by atoms with Gasteiger partial charge in [-0.25, -0.2) is 0 Å². The maximum atomic E-state index is 11.1. The fourth-order valence-corrected chi connectivity index (χ4v) is 1.88. The van der Waals surface area contributed by atoms with Crippen molar-refractivity contribution in [3.63, 3.8) is 0 Å². The number of nitrogens with one attached hydrogen (secondary N) is 1. The number of para-hydroxylation sites is 1. The molecular formula is C12H11N3O. The molecule has 0 unspecified atom stereocenters. The molecule has 1 saturated heterocycles. The Bertz CT molecular complexity index is 553. The van der Waals surface area contributed by atoms with Crippen molar-refractivity contribution in [2.24, 2.45) is 0 Å². The summed E-state index contributed by atoms with van der Waals surface area (Å²) in [6.45, 7) is 0.707. The van der Waals surface area contributed by atoms with E-state index >= 15 is 0 Å². The minimum absolute atomic E-state index is 0.0631. The van der Waals surface area contributed by atoms with Gasteiger partial charge in [0.25, 0.3) is 0 Å². The summed E-state index contributed by atoms with van der Waals surface area (Å²) < 4.78 is 0. The first-order valence-electron chi connectivity index (χ1n) is 5.25. The Hall–Kier alpha value is -2.10. The highest BCUT2D eigenvalue weighted by Gasteiger charge is 2.18. The predicted molar refractivity (Wildman–Crippen MR) is 61.8 cm³/mol. The third-order valence-electron chi connectivity index (χ3n) is 2.71. The second kappa shape index (κ2) is 3.48. The Morgan fingerprint density at radius 3 is 3.00 bits per heavy atom. The van der Waals surface area contributed by atoms with Crippen molar-refractivity contribution in [2.45, 2.75) is 6.42 Å². The highest BCUT2D eigenvalue weighted by atomic mass is 16.2. The summed E-state index contributed by atoms with van der Waals surface area (Å²) in [7, 11) is 0. The van der Waals surface area contributed by atoms with Crippen LogP contribution in [0.4, 0.5) is 5.69 Å². The number of hydrogen-bond donors (Lipinski definition) is 1. The Morgan fingerprint density at radius 1 is 1.31 bits per heavy atom. The highest BCUT2D eigenvalue weighted by molar-refractivity contribution is 5.85. The lowest BCUT2D eigenvalue weighted by atomic mass is 10.2. The standard InChI is InChI=1S/C12H11N3O/c16-12-5-6-15(14-12)10-7-9-3-1-2-4-11(9)13-8-10/h1-4,7-8H,5-6H2,(H,14,16). The molecule has 4 nitrogen and oxygen atoms in total. The fourth-order valence-electron chi connectivity index (χ4n) is 1.88. The minimum atomic E-state index is 0.0631. The van der Waals surface area contributed by atoms with Gasteiger partial charge in [-0.2, -0.15) is 0 Å². The van der Waals surface area contributed by atoms with E-state index in [2.05, 4.69) is 10.4 Å². The van der Waals surface area contributed by atoms with Crippen molar-refractivity contribution in [3.05, 3.63) is 36.5 Å². The summed E-state index contributed by atoms with van der Waals surface area (Å²) in [6, 6.07) is 9.97. The molecule has 0 spiro atoms. The first-order valence-corrected chi connectivity index (χ1v) is 5.25. The molecule has 1 fully saturated rings. The van der Waals surface area contributed by atoms with Crippen molar-refractivity contribution < 1.29 is 4.79 Å². The van der Waals surface area contributed by atoms with E-state index in [1.54, 1.807) is 6.20 Å². The van der Waals surface area contributed by atoms with Gasteiger partial charge in [0.1, 0.15) is 0 Å². The molecule has 16 heavy (non-hydrogen) atoms. The molecular weight excluding hydrogens is 202 g/mol. The van der Waals surface area contributed by atoms with Crippen LogP contribution in [0.1, 0.15) is 6.42 Å². The summed E-state index contributed by atoms with van der Waals surface area (Å²) in [4.78, 5) is 15.5. The van der Waals surface area contributed by atoms with Crippen LogP contribution in [0.5, 0.6) is 0 Å². The molecule has 0 bridgehead atoms. The average Bonchev–Trinajstić information content (AvgIpc) is 2.75. The number of carbonyl (C=O) groups excluding carboxylic acids is 1. The van der Waals surface area contributed by atoms with E-state index in [0.717, 1.165) is 16.6 Å². The Morgan fingerprint density at radius 2 is 2.19 bits per heavy atom. The van der Waals surface area contributed by atoms with Crippen LogP contribution in [0.2, 0.25) is 0 Å². The number of fused-ring (bicyclic) bond motifs is 1. The SMILES string of the molecule is O=C1CCN(c2cnc3ccccc3c2)N1. The average molecular weight is 213 g/mol. The van der Waals surface area contributed by atoms with Gasteiger partial charge in [0.2, 0.25) is 5.91 Å². The van der Waals surface area contributed by atoms with Gasteiger partial charge in [0.05, 0.1) is 17.4 Å². The number of carbonyl (C=O) groups is 1. The van der Waals surface area contributed by atoms with E-state index in [-0.39, 0.29) is 5.91 Å². The molecule has 0 atom stereocenters. The normalized spacial score (nSPS) is 15.5. The minimum Gasteiger partial charge on any atom is -0.283 e. The third-order valence-corrected chi connectivity index (χ3v) is 2.71. The summed E-state index contributed by atoms with van der Waals surface area (Å²) in [5.74, 6) is 0.0631. The molecule has 1 aliphatic heterocycles. The quantitative estimate of drug-likeness (QED) is 0.780. The second-order valence-corrected chi connectivity index (χ2v) is 3.82. The number of hydrazine groups is 1.